The number of nitriles is 1. The molecule has 0 saturated heterocycles. The Morgan fingerprint density at radius 3 is 2.50 bits per heavy atom. The fourth-order valence-corrected chi connectivity index (χ4v) is 3.66. The number of hydrogen-bond donors (Lipinski definition) is 0. The molecule has 0 bridgehead atoms. The van der Waals surface area contributed by atoms with E-state index in [0.29, 0.717) is 27.1 Å². The van der Waals surface area contributed by atoms with Crippen molar-refractivity contribution < 1.29 is 4.79 Å². The van der Waals surface area contributed by atoms with Crippen molar-refractivity contribution in [3.8, 4) is 17.3 Å². The molecule has 7 heteroatoms. The molecule has 28 heavy (non-hydrogen) atoms. The van der Waals surface area contributed by atoms with Gasteiger partial charge in [0.1, 0.15) is 11.2 Å². The van der Waals surface area contributed by atoms with Gasteiger partial charge in [0.15, 0.2) is 0 Å². The van der Waals surface area contributed by atoms with Crippen LogP contribution in [-0.2, 0) is 10.2 Å². The predicted molar refractivity (Wildman–Crippen MR) is 109 cm³/mol. The van der Waals surface area contributed by atoms with Crippen LogP contribution >= 0.6 is 23.2 Å². The number of hydrogen-bond acceptors (Lipinski definition) is 4. The smallest absolute Gasteiger partial charge is 0.241 e. The fraction of sp³-hybridized carbons (Fsp3) is 0.143. The summed E-state index contributed by atoms with van der Waals surface area (Å²) in [4.78, 5) is 23.2. The van der Waals surface area contributed by atoms with Crippen molar-refractivity contribution in [2.24, 2.45) is 0 Å². The number of rotatable bonds is 2. The Kier molecular flexibility index (Phi) is 4.34. The number of carbonyl (C=O) groups excluding carboxylic acids is 1. The first-order valence-corrected chi connectivity index (χ1v) is 9.25. The highest BCUT2D eigenvalue weighted by Gasteiger charge is 2.44. The second-order valence-corrected chi connectivity index (χ2v) is 7.79. The van der Waals surface area contributed by atoms with Gasteiger partial charge < -0.3 is 0 Å². The number of nitrogens with zero attached hydrogens (tertiary/aromatic N) is 4. The van der Waals surface area contributed by atoms with Crippen molar-refractivity contribution in [1.82, 2.24) is 9.97 Å². The number of halogens is 2. The van der Waals surface area contributed by atoms with Gasteiger partial charge in [-0.05, 0) is 49.7 Å². The van der Waals surface area contributed by atoms with Crippen molar-refractivity contribution >= 4 is 40.5 Å². The minimum atomic E-state index is -0.731. The molecule has 0 aliphatic carbocycles. The Balaban J connectivity index is 1.84. The molecule has 3 aromatic rings. The second kappa shape index (κ2) is 6.59. The monoisotopic (exact) mass is 408 g/mol. The molecule has 138 valence electrons. The van der Waals surface area contributed by atoms with E-state index in [0.717, 1.165) is 16.8 Å². The standard InChI is InChI=1S/C21H14Cl2N4O/c1-21(2)15-7-12(17-10-26-19(23)11-25-17)4-6-18(15)27(20(21)28)14-5-3-13(9-24)16(22)8-14/h3-8,10-11H,1-2H3. The van der Waals surface area contributed by atoms with Gasteiger partial charge in [0.05, 0.1) is 45.5 Å². The third-order valence-corrected chi connectivity index (χ3v) is 5.40. The van der Waals surface area contributed by atoms with Crippen molar-refractivity contribution in [2.45, 2.75) is 19.3 Å². The highest BCUT2D eigenvalue weighted by Crippen LogP contribution is 2.47. The Morgan fingerprint density at radius 2 is 1.86 bits per heavy atom. The van der Waals surface area contributed by atoms with E-state index in [4.69, 9.17) is 28.5 Å². The summed E-state index contributed by atoms with van der Waals surface area (Å²) in [5.74, 6) is -0.0670. The molecule has 0 spiro atoms. The minimum Gasteiger partial charge on any atom is -0.280 e. The van der Waals surface area contributed by atoms with Crippen LogP contribution in [-0.4, -0.2) is 15.9 Å². The number of amides is 1. The van der Waals surface area contributed by atoms with Gasteiger partial charge in [-0.15, -0.1) is 0 Å². The molecular formula is C21H14Cl2N4O. The first kappa shape index (κ1) is 18.4. The molecule has 0 saturated carbocycles. The van der Waals surface area contributed by atoms with E-state index >= 15 is 0 Å². The first-order chi connectivity index (χ1) is 13.3. The molecule has 5 nitrogen and oxygen atoms in total. The molecule has 1 aromatic heterocycles. The van der Waals surface area contributed by atoms with E-state index < -0.39 is 5.41 Å². The fourth-order valence-electron chi connectivity index (χ4n) is 3.35. The minimum absolute atomic E-state index is 0.0670. The van der Waals surface area contributed by atoms with Crippen LogP contribution in [0.4, 0.5) is 11.4 Å². The van der Waals surface area contributed by atoms with Crippen LogP contribution in [0.15, 0.2) is 48.8 Å². The summed E-state index contributed by atoms with van der Waals surface area (Å²) in [7, 11) is 0. The average molecular weight is 409 g/mol. The summed E-state index contributed by atoms with van der Waals surface area (Å²) in [5.41, 5.74) is 3.45. The Labute approximate surface area is 172 Å². The number of fused-ring (bicyclic) bond motifs is 1. The SMILES string of the molecule is CC1(C)C(=O)N(c2ccc(C#N)c(Cl)c2)c2ccc(-c3cnc(Cl)cn3)cc21. The largest absolute Gasteiger partial charge is 0.280 e. The summed E-state index contributed by atoms with van der Waals surface area (Å²) < 4.78 is 0. The summed E-state index contributed by atoms with van der Waals surface area (Å²) in [5, 5.41) is 9.72. The lowest BCUT2D eigenvalue weighted by Crippen LogP contribution is -2.33. The van der Waals surface area contributed by atoms with Crippen LogP contribution in [0, 0.1) is 11.3 Å². The highest BCUT2D eigenvalue weighted by atomic mass is 35.5. The van der Waals surface area contributed by atoms with E-state index in [2.05, 4.69) is 9.97 Å². The molecule has 0 N–H and O–H groups in total. The molecule has 1 amide bonds. The lowest BCUT2D eigenvalue weighted by atomic mass is 9.85. The topological polar surface area (TPSA) is 69.9 Å². The van der Waals surface area contributed by atoms with E-state index in [1.807, 2.05) is 38.1 Å². The van der Waals surface area contributed by atoms with Gasteiger partial charge in [0.25, 0.3) is 0 Å². The third-order valence-electron chi connectivity index (χ3n) is 4.90. The zero-order chi connectivity index (χ0) is 20.1. The van der Waals surface area contributed by atoms with E-state index in [-0.39, 0.29) is 5.91 Å². The molecule has 0 fully saturated rings. The third kappa shape index (κ3) is 2.82. The predicted octanol–water partition coefficient (Wildman–Crippen LogP) is 5.28. The van der Waals surface area contributed by atoms with Crippen LogP contribution < -0.4 is 4.90 Å². The molecule has 0 unspecified atom stereocenters. The van der Waals surface area contributed by atoms with Gasteiger partial charge in [0.2, 0.25) is 5.91 Å². The van der Waals surface area contributed by atoms with Crippen LogP contribution in [0.25, 0.3) is 11.3 Å². The summed E-state index contributed by atoms with van der Waals surface area (Å²) in [6.07, 6.45) is 3.09. The maximum atomic E-state index is 13.2. The summed E-state index contributed by atoms with van der Waals surface area (Å²) in [6.45, 7) is 3.77. The van der Waals surface area contributed by atoms with Gasteiger partial charge in [-0.2, -0.15) is 5.26 Å². The molecule has 2 aromatic carbocycles. The van der Waals surface area contributed by atoms with Gasteiger partial charge in [-0.3, -0.25) is 14.7 Å². The first-order valence-electron chi connectivity index (χ1n) is 8.49. The molecule has 2 heterocycles. The molecule has 0 radical (unpaired) electrons. The zero-order valence-electron chi connectivity index (χ0n) is 15.1. The van der Waals surface area contributed by atoms with Crippen LogP contribution in [0.3, 0.4) is 0 Å². The normalized spacial score (nSPS) is 14.7. The second-order valence-electron chi connectivity index (χ2n) is 7.00. The molecule has 1 aliphatic rings. The Hall–Kier alpha value is -2.94. The highest BCUT2D eigenvalue weighted by molar-refractivity contribution is 6.32. The van der Waals surface area contributed by atoms with Crippen molar-refractivity contribution in [2.75, 3.05) is 4.90 Å². The van der Waals surface area contributed by atoms with Gasteiger partial charge in [-0.1, -0.05) is 29.3 Å². The molecule has 1 aliphatic heterocycles. The maximum Gasteiger partial charge on any atom is 0.241 e. The van der Waals surface area contributed by atoms with Crippen LogP contribution in [0.5, 0.6) is 0 Å². The van der Waals surface area contributed by atoms with Crippen molar-refractivity contribution in [1.29, 1.82) is 5.26 Å². The van der Waals surface area contributed by atoms with Crippen LogP contribution in [0.1, 0.15) is 25.0 Å². The lowest BCUT2D eigenvalue weighted by molar-refractivity contribution is -0.121. The van der Waals surface area contributed by atoms with Gasteiger partial charge in [-0.25, -0.2) is 4.98 Å². The molecule has 0 atom stereocenters. The van der Waals surface area contributed by atoms with Crippen LogP contribution in [0.2, 0.25) is 10.2 Å². The Morgan fingerprint density at radius 1 is 1.07 bits per heavy atom. The molecular weight excluding hydrogens is 395 g/mol. The summed E-state index contributed by atoms with van der Waals surface area (Å²) in [6, 6.07) is 12.8. The molecule has 4 rings (SSSR count). The quantitative estimate of drug-likeness (QED) is 0.578. The zero-order valence-corrected chi connectivity index (χ0v) is 16.6. The average Bonchev–Trinajstić information content (AvgIpc) is 2.88. The van der Waals surface area contributed by atoms with E-state index in [1.165, 1.54) is 6.20 Å². The summed E-state index contributed by atoms with van der Waals surface area (Å²) >= 11 is 12.0. The van der Waals surface area contributed by atoms with Gasteiger partial charge in [0, 0.05) is 5.56 Å². The maximum absolute atomic E-state index is 13.2. The number of benzene rings is 2. The number of anilines is 2. The van der Waals surface area contributed by atoms with E-state index in [9.17, 15) is 4.79 Å². The Bertz CT molecular complexity index is 1150. The van der Waals surface area contributed by atoms with Gasteiger partial charge >= 0.3 is 0 Å². The van der Waals surface area contributed by atoms with Crippen molar-refractivity contribution in [3.63, 3.8) is 0 Å². The van der Waals surface area contributed by atoms with E-state index in [1.54, 1.807) is 29.3 Å². The number of aromatic nitrogens is 2. The van der Waals surface area contributed by atoms with Crippen molar-refractivity contribution in [3.05, 3.63) is 70.1 Å². The lowest BCUT2D eigenvalue weighted by Gasteiger charge is -2.20. The number of carbonyl (C=O) groups is 1.